The van der Waals surface area contributed by atoms with Crippen LogP contribution in [0.1, 0.15) is 19.2 Å². The molecule has 2 aromatic rings. The fraction of sp³-hybridized carbons (Fsp3) is 0.462. The first kappa shape index (κ1) is 11.9. The summed E-state index contributed by atoms with van der Waals surface area (Å²) >= 11 is 0. The Balaban J connectivity index is 2.17. The fourth-order valence-electron chi connectivity index (χ4n) is 1.93. The number of rotatable bonds is 5. The van der Waals surface area contributed by atoms with Crippen molar-refractivity contribution < 1.29 is 4.74 Å². The summed E-state index contributed by atoms with van der Waals surface area (Å²) < 4.78 is 5.18. The van der Waals surface area contributed by atoms with Gasteiger partial charge in [0.1, 0.15) is 5.82 Å². The molecule has 2 N–H and O–H groups in total. The molecular weight excluding hydrogens is 214 g/mol. The molecule has 1 aromatic carbocycles. The highest BCUT2D eigenvalue weighted by molar-refractivity contribution is 5.79. The number of benzene rings is 1. The highest BCUT2D eigenvalue weighted by atomic mass is 16.5. The smallest absolute Gasteiger partial charge is 0.104 e. The standard InChI is InChI=1S/C13H19N3O/c1-4-10(8-17-3)16-11-5-6-12-13(7-11)15-9(2)14-12/h5-7,10,16H,4,8H2,1-3H3,(H,14,15). The van der Waals surface area contributed by atoms with E-state index in [1.54, 1.807) is 7.11 Å². The topological polar surface area (TPSA) is 49.9 Å². The van der Waals surface area contributed by atoms with E-state index in [1.807, 2.05) is 13.0 Å². The van der Waals surface area contributed by atoms with Crippen LogP contribution in [0.25, 0.3) is 11.0 Å². The monoisotopic (exact) mass is 233 g/mol. The van der Waals surface area contributed by atoms with Crippen molar-refractivity contribution in [2.45, 2.75) is 26.3 Å². The summed E-state index contributed by atoms with van der Waals surface area (Å²) in [5, 5.41) is 3.46. The lowest BCUT2D eigenvalue weighted by Gasteiger charge is -2.17. The maximum absolute atomic E-state index is 5.18. The van der Waals surface area contributed by atoms with Gasteiger partial charge in [0.15, 0.2) is 0 Å². The van der Waals surface area contributed by atoms with Gasteiger partial charge in [0, 0.05) is 18.8 Å². The van der Waals surface area contributed by atoms with Crippen LogP contribution in [0.2, 0.25) is 0 Å². The number of methoxy groups -OCH3 is 1. The van der Waals surface area contributed by atoms with Crippen LogP contribution in [0.15, 0.2) is 18.2 Å². The molecule has 0 spiro atoms. The Morgan fingerprint density at radius 3 is 3.00 bits per heavy atom. The zero-order valence-corrected chi connectivity index (χ0v) is 10.6. The lowest BCUT2D eigenvalue weighted by Crippen LogP contribution is -2.23. The van der Waals surface area contributed by atoms with Gasteiger partial charge in [-0.05, 0) is 31.5 Å². The van der Waals surface area contributed by atoms with Crippen LogP contribution in [-0.4, -0.2) is 29.7 Å². The molecule has 92 valence electrons. The van der Waals surface area contributed by atoms with E-state index in [1.165, 1.54) is 0 Å². The number of hydrogen-bond donors (Lipinski definition) is 2. The number of hydrogen-bond acceptors (Lipinski definition) is 3. The largest absolute Gasteiger partial charge is 0.383 e. The number of anilines is 1. The molecule has 0 radical (unpaired) electrons. The molecule has 0 aliphatic heterocycles. The normalized spacial score (nSPS) is 12.9. The van der Waals surface area contributed by atoms with Gasteiger partial charge in [-0.1, -0.05) is 6.92 Å². The van der Waals surface area contributed by atoms with Gasteiger partial charge in [-0.15, -0.1) is 0 Å². The SMILES string of the molecule is CCC(COC)Nc1ccc2nc(C)[nH]c2c1. The molecule has 17 heavy (non-hydrogen) atoms. The van der Waals surface area contributed by atoms with Crippen LogP contribution in [-0.2, 0) is 4.74 Å². The molecule has 4 nitrogen and oxygen atoms in total. The highest BCUT2D eigenvalue weighted by Gasteiger charge is 2.06. The summed E-state index contributed by atoms with van der Waals surface area (Å²) in [5.74, 6) is 0.945. The van der Waals surface area contributed by atoms with Crippen molar-refractivity contribution in [3.05, 3.63) is 24.0 Å². The van der Waals surface area contributed by atoms with Gasteiger partial charge in [0.25, 0.3) is 0 Å². The zero-order valence-electron chi connectivity index (χ0n) is 10.6. The summed E-state index contributed by atoms with van der Waals surface area (Å²) in [6, 6.07) is 6.52. The van der Waals surface area contributed by atoms with Crippen molar-refractivity contribution in [3.63, 3.8) is 0 Å². The number of aryl methyl sites for hydroxylation is 1. The van der Waals surface area contributed by atoms with Crippen molar-refractivity contribution in [1.29, 1.82) is 0 Å². The molecule has 0 fully saturated rings. The number of ether oxygens (including phenoxy) is 1. The first-order valence-electron chi connectivity index (χ1n) is 5.94. The van der Waals surface area contributed by atoms with Gasteiger partial charge < -0.3 is 15.0 Å². The Kier molecular flexibility index (Phi) is 3.64. The van der Waals surface area contributed by atoms with E-state index in [9.17, 15) is 0 Å². The Hall–Kier alpha value is -1.55. The second kappa shape index (κ2) is 5.19. The van der Waals surface area contributed by atoms with E-state index in [4.69, 9.17) is 4.74 Å². The summed E-state index contributed by atoms with van der Waals surface area (Å²) in [4.78, 5) is 7.62. The number of aromatic nitrogens is 2. The Bertz CT molecular complexity index is 492. The van der Waals surface area contributed by atoms with Crippen LogP contribution in [0.5, 0.6) is 0 Å². The molecule has 1 unspecified atom stereocenters. The quantitative estimate of drug-likeness (QED) is 0.834. The average Bonchev–Trinajstić information content (AvgIpc) is 2.68. The predicted octanol–water partition coefficient (Wildman–Crippen LogP) is 2.71. The van der Waals surface area contributed by atoms with Gasteiger partial charge in [-0.25, -0.2) is 4.98 Å². The Morgan fingerprint density at radius 1 is 1.47 bits per heavy atom. The summed E-state index contributed by atoms with van der Waals surface area (Å²) in [5.41, 5.74) is 3.18. The van der Waals surface area contributed by atoms with E-state index < -0.39 is 0 Å². The third kappa shape index (κ3) is 2.77. The van der Waals surface area contributed by atoms with Crippen LogP contribution in [0.4, 0.5) is 5.69 Å². The lowest BCUT2D eigenvalue weighted by atomic mass is 10.2. The molecule has 2 rings (SSSR count). The second-order valence-electron chi connectivity index (χ2n) is 4.26. The molecule has 1 aromatic heterocycles. The number of aromatic amines is 1. The number of fused-ring (bicyclic) bond motifs is 1. The van der Waals surface area contributed by atoms with Gasteiger partial charge in [0.2, 0.25) is 0 Å². The van der Waals surface area contributed by atoms with E-state index in [0.29, 0.717) is 6.04 Å². The maximum atomic E-state index is 5.18. The third-order valence-corrected chi connectivity index (χ3v) is 2.83. The van der Waals surface area contributed by atoms with Crippen molar-refractivity contribution in [2.75, 3.05) is 19.0 Å². The molecule has 1 atom stereocenters. The minimum absolute atomic E-state index is 0.349. The first-order valence-corrected chi connectivity index (χ1v) is 5.94. The van der Waals surface area contributed by atoms with Gasteiger partial charge >= 0.3 is 0 Å². The Morgan fingerprint density at radius 2 is 2.29 bits per heavy atom. The second-order valence-corrected chi connectivity index (χ2v) is 4.26. The van der Waals surface area contributed by atoms with Crippen molar-refractivity contribution in [3.8, 4) is 0 Å². The van der Waals surface area contributed by atoms with E-state index >= 15 is 0 Å². The maximum Gasteiger partial charge on any atom is 0.104 e. The van der Waals surface area contributed by atoms with E-state index in [0.717, 1.165) is 35.6 Å². The summed E-state index contributed by atoms with van der Waals surface area (Å²) in [6.07, 6.45) is 1.04. The van der Waals surface area contributed by atoms with Gasteiger partial charge in [-0.2, -0.15) is 0 Å². The van der Waals surface area contributed by atoms with Crippen molar-refractivity contribution in [1.82, 2.24) is 9.97 Å². The number of nitrogens with zero attached hydrogens (tertiary/aromatic N) is 1. The average molecular weight is 233 g/mol. The minimum atomic E-state index is 0.349. The zero-order chi connectivity index (χ0) is 12.3. The third-order valence-electron chi connectivity index (χ3n) is 2.83. The molecule has 1 heterocycles. The lowest BCUT2D eigenvalue weighted by molar-refractivity contribution is 0.184. The minimum Gasteiger partial charge on any atom is -0.383 e. The molecule has 0 amide bonds. The predicted molar refractivity (Wildman–Crippen MR) is 70.4 cm³/mol. The summed E-state index contributed by atoms with van der Waals surface area (Å²) in [6.45, 7) is 4.83. The number of nitrogens with one attached hydrogen (secondary N) is 2. The molecule has 0 saturated heterocycles. The molecule has 0 aliphatic rings. The van der Waals surface area contributed by atoms with Gasteiger partial charge in [0.05, 0.1) is 17.6 Å². The fourth-order valence-corrected chi connectivity index (χ4v) is 1.93. The van der Waals surface area contributed by atoms with Crippen LogP contribution >= 0.6 is 0 Å². The molecular formula is C13H19N3O. The molecule has 0 aliphatic carbocycles. The van der Waals surface area contributed by atoms with Crippen LogP contribution < -0.4 is 5.32 Å². The van der Waals surface area contributed by atoms with Crippen molar-refractivity contribution >= 4 is 16.7 Å². The van der Waals surface area contributed by atoms with E-state index in [-0.39, 0.29) is 0 Å². The van der Waals surface area contributed by atoms with E-state index in [2.05, 4.69) is 34.3 Å². The Labute approximate surface area is 101 Å². The van der Waals surface area contributed by atoms with Gasteiger partial charge in [-0.3, -0.25) is 0 Å². The first-order chi connectivity index (χ1) is 8.22. The summed E-state index contributed by atoms with van der Waals surface area (Å²) in [7, 11) is 1.73. The molecule has 0 bridgehead atoms. The van der Waals surface area contributed by atoms with Crippen LogP contribution in [0.3, 0.4) is 0 Å². The van der Waals surface area contributed by atoms with Crippen molar-refractivity contribution in [2.24, 2.45) is 0 Å². The van der Waals surface area contributed by atoms with Crippen LogP contribution in [0, 0.1) is 6.92 Å². The molecule has 4 heteroatoms. The number of H-pyrrole nitrogens is 1. The molecule has 0 saturated carbocycles. The highest BCUT2D eigenvalue weighted by Crippen LogP contribution is 2.18. The number of imidazole rings is 1.